The van der Waals surface area contributed by atoms with E-state index in [-0.39, 0.29) is 24.6 Å². The van der Waals surface area contributed by atoms with E-state index in [0.717, 1.165) is 6.34 Å². The molecule has 0 aliphatic carbocycles. The van der Waals surface area contributed by atoms with Crippen molar-refractivity contribution in [2.45, 2.75) is 13.0 Å². The second kappa shape index (κ2) is 10.3. The van der Waals surface area contributed by atoms with Crippen molar-refractivity contribution >= 4 is 35.8 Å². The third kappa shape index (κ3) is 5.76. The number of rotatable bonds is 8. The predicted molar refractivity (Wildman–Crippen MR) is 113 cm³/mol. The first-order valence-electron chi connectivity index (χ1n) is 9.53. The summed E-state index contributed by atoms with van der Waals surface area (Å²) in [6, 6.07) is 7.56. The van der Waals surface area contributed by atoms with E-state index in [1.807, 2.05) is 0 Å². The zero-order valence-electron chi connectivity index (χ0n) is 17.0. The Kier molecular flexibility index (Phi) is 7.29. The molecule has 2 heterocycles. The van der Waals surface area contributed by atoms with Crippen LogP contribution in [0, 0.1) is 5.82 Å². The number of nitrogens with zero attached hydrogens (tertiary/aromatic N) is 3. The summed E-state index contributed by atoms with van der Waals surface area (Å²) in [5.41, 5.74) is 3.70. The topological polar surface area (TPSA) is 145 Å². The fourth-order valence-electron chi connectivity index (χ4n) is 2.87. The monoisotopic (exact) mass is 444 g/mol. The number of carbonyl (C=O) groups is 3. The Balaban J connectivity index is 1.64. The molecule has 32 heavy (non-hydrogen) atoms. The first-order chi connectivity index (χ1) is 15.4. The van der Waals surface area contributed by atoms with Crippen molar-refractivity contribution in [3.63, 3.8) is 0 Å². The fraction of sp³-hybridized carbons (Fsp3) is 0.250. The highest BCUT2D eigenvalue weighted by Crippen LogP contribution is 2.29. The molecule has 0 saturated carbocycles. The standard InChI is InChI=1S/C20H21FN6O5/c1-12(29)22-8-15-9-27(20(31)32-15)14-3-4-16(17(21)6-14)13-2-5-18(23-7-13)26-25-11-24-19(30)10-28/h2-7,11,15,28H,8-10H2,1H3,(H,22,29)(H,23,26)(H,24,25,30)/t15-/m0/s1. The van der Waals surface area contributed by atoms with Crippen LogP contribution >= 0.6 is 0 Å². The van der Waals surface area contributed by atoms with E-state index >= 15 is 0 Å². The zero-order chi connectivity index (χ0) is 23.1. The Morgan fingerprint density at radius 2 is 2.19 bits per heavy atom. The van der Waals surface area contributed by atoms with E-state index in [1.54, 1.807) is 18.2 Å². The van der Waals surface area contributed by atoms with Gasteiger partial charge in [-0.1, -0.05) is 0 Å². The average Bonchev–Trinajstić information content (AvgIpc) is 3.16. The van der Waals surface area contributed by atoms with Crippen LogP contribution < -0.4 is 21.0 Å². The molecule has 0 radical (unpaired) electrons. The number of hydrogen-bond acceptors (Lipinski definition) is 8. The number of aliphatic hydroxyl groups excluding tert-OH is 1. The zero-order valence-corrected chi connectivity index (χ0v) is 17.0. The van der Waals surface area contributed by atoms with Gasteiger partial charge in [-0.15, -0.1) is 0 Å². The molecule has 1 aliphatic heterocycles. The van der Waals surface area contributed by atoms with E-state index in [1.165, 1.54) is 30.2 Å². The quantitative estimate of drug-likeness (QED) is 0.268. The molecule has 2 aromatic rings. The number of amides is 3. The second-order valence-electron chi connectivity index (χ2n) is 6.75. The van der Waals surface area contributed by atoms with Crippen molar-refractivity contribution in [2.75, 3.05) is 30.0 Å². The molecular weight excluding hydrogens is 423 g/mol. The molecule has 3 rings (SSSR count). The van der Waals surface area contributed by atoms with Gasteiger partial charge >= 0.3 is 6.09 Å². The van der Waals surface area contributed by atoms with Crippen LogP contribution in [0.3, 0.4) is 0 Å². The molecule has 0 bridgehead atoms. The van der Waals surface area contributed by atoms with Gasteiger partial charge in [0.1, 0.15) is 30.7 Å². The molecule has 3 amide bonds. The predicted octanol–water partition coefficient (Wildman–Crippen LogP) is 0.813. The third-order valence-electron chi connectivity index (χ3n) is 4.40. The average molecular weight is 444 g/mol. The Hall–Kier alpha value is -4.06. The number of nitrogens with one attached hydrogen (secondary N) is 3. The van der Waals surface area contributed by atoms with Crippen LogP contribution in [0.15, 0.2) is 41.6 Å². The Bertz CT molecular complexity index is 1030. The normalized spacial score (nSPS) is 15.5. The molecule has 1 atom stereocenters. The number of cyclic esters (lactones) is 1. The van der Waals surface area contributed by atoms with Gasteiger partial charge in [-0.2, -0.15) is 5.10 Å². The number of halogens is 1. The summed E-state index contributed by atoms with van der Waals surface area (Å²) in [4.78, 5) is 39.4. The molecule has 1 aromatic carbocycles. The van der Waals surface area contributed by atoms with Crippen LogP contribution in [0.1, 0.15) is 6.92 Å². The molecule has 168 valence electrons. The number of pyridine rings is 1. The minimum Gasteiger partial charge on any atom is -0.442 e. The number of ether oxygens (including phenoxy) is 1. The maximum atomic E-state index is 14.8. The number of hydrogen-bond donors (Lipinski definition) is 4. The molecule has 11 nitrogen and oxygen atoms in total. The highest BCUT2D eigenvalue weighted by atomic mass is 19.1. The van der Waals surface area contributed by atoms with Crippen LogP contribution in [-0.4, -0.2) is 60.1 Å². The fourth-order valence-corrected chi connectivity index (χ4v) is 2.87. The lowest BCUT2D eigenvalue weighted by Gasteiger charge is -2.14. The van der Waals surface area contributed by atoms with Gasteiger partial charge in [-0.3, -0.25) is 19.9 Å². The van der Waals surface area contributed by atoms with Crippen molar-refractivity contribution < 1.29 is 28.6 Å². The van der Waals surface area contributed by atoms with Crippen LogP contribution in [-0.2, 0) is 14.3 Å². The number of aliphatic hydroxyl groups is 1. The van der Waals surface area contributed by atoms with Gasteiger partial charge in [0, 0.05) is 24.2 Å². The van der Waals surface area contributed by atoms with Gasteiger partial charge in [0.2, 0.25) is 5.91 Å². The summed E-state index contributed by atoms with van der Waals surface area (Å²) >= 11 is 0. The lowest BCUT2D eigenvalue weighted by atomic mass is 10.1. The first-order valence-corrected chi connectivity index (χ1v) is 9.53. The first kappa shape index (κ1) is 22.6. The number of aromatic nitrogens is 1. The van der Waals surface area contributed by atoms with Crippen LogP contribution in [0.2, 0.25) is 0 Å². The SMILES string of the molecule is CC(=O)NC[C@H]1CN(c2ccc(-c3ccc(N/N=C\NC(=O)CO)nc3)c(F)c2)C(=O)O1. The Morgan fingerprint density at radius 1 is 1.38 bits per heavy atom. The largest absolute Gasteiger partial charge is 0.442 e. The minimum atomic E-state index is -0.653. The molecule has 1 fully saturated rings. The molecule has 1 aliphatic rings. The summed E-state index contributed by atoms with van der Waals surface area (Å²) in [6.45, 7) is 1.09. The van der Waals surface area contributed by atoms with Gasteiger partial charge < -0.3 is 20.5 Å². The van der Waals surface area contributed by atoms with Gasteiger partial charge in [-0.25, -0.2) is 14.2 Å². The number of benzene rings is 1. The molecule has 4 N–H and O–H groups in total. The Labute approximate surface area is 182 Å². The van der Waals surface area contributed by atoms with E-state index in [9.17, 15) is 18.8 Å². The van der Waals surface area contributed by atoms with E-state index in [0.29, 0.717) is 17.1 Å². The number of carbonyl (C=O) groups excluding carboxylic acids is 3. The summed E-state index contributed by atoms with van der Waals surface area (Å²) < 4.78 is 20.0. The van der Waals surface area contributed by atoms with Crippen LogP contribution in [0.5, 0.6) is 0 Å². The highest BCUT2D eigenvalue weighted by Gasteiger charge is 2.32. The summed E-state index contributed by atoms with van der Waals surface area (Å²) in [6.07, 6.45) is 1.38. The summed E-state index contributed by atoms with van der Waals surface area (Å²) in [5, 5.41) is 17.1. The summed E-state index contributed by atoms with van der Waals surface area (Å²) in [5.74, 6) is -1.04. The van der Waals surface area contributed by atoms with Gasteiger partial charge in [0.15, 0.2) is 0 Å². The lowest BCUT2D eigenvalue weighted by Crippen LogP contribution is -2.33. The molecule has 0 unspecified atom stereocenters. The number of hydrazone groups is 1. The van der Waals surface area contributed by atoms with Gasteiger partial charge in [0.25, 0.3) is 5.91 Å². The molecule has 1 aromatic heterocycles. The van der Waals surface area contributed by atoms with Crippen LogP contribution in [0.4, 0.5) is 20.7 Å². The van der Waals surface area contributed by atoms with Crippen molar-refractivity contribution in [1.29, 1.82) is 0 Å². The molecule has 12 heteroatoms. The van der Waals surface area contributed by atoms with Gasteiger partial charge in [-0.05, 0) is 30.3 Å². The van der Waals surface area contributed by atoms with E-state index < -0.39 is 30.5 Å². The molecular formula is C20H21FN6O5. The van der Waals surface area contributed by atoms with E-state index in [4.69, 9.17) is 9.84 Å². The van der Waals surface area contributed by atoms with Crippen molar-refractivity contribution in [2.24, 2.45) is 5.10 Å². The van der Waals surface area contributed by atoms with Crippen molar-refractivity contribution in [1.82, 2.24) is 15.6 Å². The smallest absolute Gasteiger partial charge is 0.414 e. The molecule has 1 saturated heterocycles. The van der Waals surface area contributed by atoms with Crippen LogP contribution in [0.25, 0.3) is 11.1 Å². The van der Waals surface area contributed by atoms with Crippen molar-refractivity contribution in [3.05, 3.63) is 42.3 Å². The molecule has 0 spiro atoms. The van der Waals surface area contributed by atoms with E-state index in [2.05, 4.69) is 26.1 Å². The summed E-state index contributed by atoms with van der Waals surface area (Å²) in [7, 11) is 0. The number of anilines is 2. The third-order valence-corrected chi connectivity index (χ3v) is 4.40. The maximum absolute atomic E-state index is 14.8. The Morgan fingerprint density at radius 3 is 2.84 bits per heavy atom. The second-order valence-corrected chi connectivity index (χ2v) is 6.75. The maximum Gasteiger partial charge on any atom is 0.414 e. The highest BCUT2D eigenvalue weighted by molar-refractivity contribution is 5.90. The lowest BCUT2D eigenvalue weighted by molar-refractivity contribution is -0.122. The van der Waals surface area contributed by atoms with Crippen molar-refractivity contribution in [3.8, 4) is 11.1 Å². The minimum absolute atomic E-state index is 0.183. The van der Waals surface area contributed by atoms with Gasteiger partial charge in [0.05, 0.1) is 18.8 Å².